The summed E-state index contributed by atoms with van der Waals surface area (Å²) in [5.74, 6) is -0.540. The van der Waals surface area contributed by atoms with Gasteiger partial charge in [-0.15, -0.1) is 0 Å². The zero-order valence-electron chi connectivity index (χ0n) is 51.9. The third-order valence-electron chi connectivity index (χ3n) is 15.1. The monoisotopic (exact) mass is 1100 g/mol. The summed E-state index contributed by atoms with van der Waals surface area (Å²) in [6.45, 7) is 6.84. The zero-order chi connectivity index (χ0) is 56.4. The van der Waals surface area contributed by atoms with Crippen LogP contribution in [-0.4, -0.2) is 69.4 Å². The van der Waals surface area contributed by atoms with Crippen molar-refractivity contribution in [2.75, 3.05) is 40.9 Å². The summed E-state index contributed by atoms with van der Waals surface area (Å²) >= 11 is 0. The zero-order valence-corrected chi connectivity index (χ0v) is 52.8. The van der Waals surface area contributed by atoms with Crippen molar-refractivity contribution in [1.29, 1.82) is 0 Å². The van der Waals surface area contributed by atoms with Crippen LogP contribution >= 0.6 is 7.82 Å². The molecule has 0 fully saturated rings. The van der Waals surface area contributed by atoms with Gasteiger partial charge in [0.15, 0.2) is 0 Å². The van der Waals surface area contributed by atoms with Gasteiger partial charge in [-0.3, -0.25) is 14.2 Å². The van der Waals surface area contributed by atoms with Crippen molar-refractivity contribution in [3.8, 4) is 0 Å². The van der Waals surface area contributed by atoms with Crippen LogP contribution in [0.25, 0.3) is 0 Å². The van der Waals surface area contributed by atoms with Crippen LogP contribution in [0.2, 0.25) is 0 Å². The number of quaternary nitrogens is 1. The van der Waals surface area contributed by atoms with E-state index in [2.05, 4.69) is 50.4 Å². The number of likely N-dealkylation sites (N-methyl/N-ethyl adjacent to an activating group) is 1. The van der Waals surface area contributed by atoms with E-state index in [1.165, 1.54) is 212 Å². The first-order chi connectivity index (χ1) is 37.4. The van der Waals surface area contributed by atoms with E-state index in [1.54, 1.807) is 0 Å². The molecule has 0 saturated heterocycles. The van der Waals surface area contributed by atoms with Crippen LogP contribution in [-0.2, 0) is 27.9 Å². The first-order valence-corrected chi connectivity index (χ1v) is 34.8. The Morgan fingerprint density at radius 1 is 0.455 bits per heavy atom. The highest BCUT2D eigenvalue weighted by Gasteiger charge is 2.27. The SMILES string of the molecule is CCCCC/C=C/C=C/CCCCCCCCC(=O)NC(COP(=O)([O-])OCC[N+](C)(C)C)C(/C=C\CCCCCCCCCCC)OC(=O)CCCCCCCCCCCCCCCCCCCCCCCCCCC. The molecule has 1 N–H and O–H groups in total. The van der Waals surface area contributed by atoms with Gasteiger partial charge in [0, 0.05) is 12.8 Å². The smallest absolute Gasteiger partial charge is 0.306 e. The molecule has 0 spiro atoms. The molecule has 0 rings (SSSR count). The molecule has 0 saturated carbocycles. The number of hydrogen-bond acceptors (Lipinski definition) is 7. The number of nitrogens with one attached hydrogen (secondary N) is 1. The summed E-state index contributed by atoms with van der Waals surface area (Å²) in [5.41, 5.74) is 0. The molecule has 77 heavy (non-hydrogen) atoms. The standard InChI is InChI=1S/C67H129N2O7P/c1-7-10-13-16-19-22-25-27-29-30-31-32-33-34-35-36-37-38-40-42-45-48-51-54-57-60-67(71)76-65(58-55-52-49-46-43-24-21-18-15-12-9-3)64(63-75-77(72,73)74-62-61-69(4,5)6)68-66(70)59-56-53-50-47-44-41-39-28-26-23-20-17-14-11-8-2/h20,23,26,28,55,58,64-65H,7-19,21-22,24-25,27,29-54,56-57,59-63H2,1-6H3,(H-,68,70,72,73)/b23-20+,28-26+,58-55-. The Labute approximate surface area is 478 Å². The lowest BCUT2D eigenvalue weighted by atomic mass is 10.0. The van der Waals surface area contributed by atoms with E-state index in [0.29, 0.717) is 17.4 Å². The van der Waals surface area contributed by atoms with Crippen LogP contribution in [0.5, 0.6) is 0 Å². The third kappa shape index (κ3) is 58.7. The van der Waals surface area contributed by atoms with Gasteiger partial charge in [-0.05, 0) is 57.4 Å². The lowest BCUT2D eigenvalue weighted by molar-refractivity contribution is -0.870. The van der Waals surface area contributed by atoms with Crippen LogP contribution in [0, 0.1) is 0 Å². The van der Waals surface area contributed by atoms with E-state index in [1.807, 2.05) is 33.3 Å². The number of ether oxygens (including phenoxy) is 1. The summed E-state index contributed by atoms with van der Waals surface area (Å²) < 4.78 is 30.3. The number of nitrogens with zero attached hydrogens (tertiary/aromatic N) is 1. The summed E-state index contributed by atoms with van der Waals surface area (Å²) in [7, 11) is 1.19. The molecule has 0 bridgehead atoms. The van der Waals surface area contributed by atoms with Crippen LogP contribution in [0.4, 0.5) is 0 Å². The van der Waals surface area contributed by atoms with Crippen LogP contribution in [0.15, 0.2) is 36.5 Å². The van der Waals surface area contributed by atoms with E-state index >= 15 is 0 Å². The number of unbranched alkanes of at least 4 members (excludes halogenated alkanes) is 42. The Balaban J connectivity index is 5.02. The molecule has 454 valence electrons. The minimum absolute atomic E-state index is 0.0226. The number of rotatable bonds is 61. The van der Waals surface area contributed by atoms with Gasteiger partial charge in [0.25, 0.3) is 7.82 Å². The molecule has 3 atom stereocenters. The van der Waals surface area contributed by atoms with E-state index in [0.717, 1.165) is 83.5 Å². The van der Waals surface area contributed by atoms with Crippen molar-refractivity contribution < 1.29 is 37.3 Å². The fourth-order valence-electron chi connectivity index (χ4n) is 9.93. The maximum atomic E-state index is 13.5. The highest BCUT2D eigenvalue weighted by Crippen LogP contribution is 2.38. The molecular formula is C67H129N2O7P. The van der Waals surface area contributed by atoms with Crippen molar-refractivity contribution in [3.05, 3.63) is 36.5 Å². The minimum atomic E-state index is -4.70. The average molecular weight is 1110 g/mol. The van der Waals surface area contributed by atoms with Gasteiger partial charge in [-0.25, -0.2) is 0 Å². The van der Waals surface area contributed by atoms with E-state index in [-0.39, 0.29) is 31.5 Å². The van der Waals surface area contributed by atoms with E-state index in [9.17, 15) is 19.0 Å². The summed E-state index contributed by atoms with van der Waals surface area (Å²) in [6.07, 6.45) is 69.9. The largest absolute Gasteiger partial charge is 0.756 e. The van der Waals surface area contributed by atoms with Gasteiger partial charge < -0.3 is 28.5 Å². The average Bonchev–Trinajstić information content (AvgIpc) is 3.39. The van der Waals surface area contributed by atoms with Crippen molar-refractivity contribution in [2.24, 2.45) is 0 Å². The fourth-order valence-corrected chi connectivity index (χ4v) is 10.7. The Hall–Kier alpha value is -1.77. The van der Waals surface area contributed by atoms with Gasteiger partial charge in [-0.2, -0.15) is 0 Å². The molecule has 0 aromatic carbocycles. The molecule has 0 aromatic rings. The summed E-state index contributed by atoms with van der Waals surface area (Å²) in [6, 6.07) is -0.890. The van der Waals surface area contributed by atoms with Crippen LogP contribution in [0.1, 0.15) is 329 Å². The Kier molecular flexibility index (Phi) is 56.1. The fraction of sp³-hybridized carbons (Fsp3) is 0.881. The summed E-state index contributed by atoms with van der Waals surface area (Å²) in [5, 5.41) is 3.03. The molecule has 1 amide bonds. The molecule has 0 aromatic heterocycles. The maximum Gasteiger partial charge on any atom is 0.306 e. The van der Waals surface area contributed by atoms with Gasteiger partial charge in [0.05, 0.1) is 33.8 Å². The highest BCUT2D eigenvalue weighted by molar-refractivity contribution is 7.45. The number of phosphoric ester groups is 1. The van der Waals surface area contributed by atoms with E-state index < -0.39 is 20.0 Å². The number of allylic oxidation sites excluding steroid dienone is 5. The number of hydrogen-bond donors (Lipinski definition) is 1. The van der Waals surface area contributed by atoms with Crippen molar-refractivity contribution in [1.82, 2.24) is 5.32 Å². The maximum absolute atomic E-state index is 13.5. The van der Waals surface area contributed by atoms with Gasteiger partial charge in [-0.1, -0.05) is 295 Å². The number of carbonyl (C=O) groups is 2. The lowest BCUT2D eigenvalue weighted by Crippen LogP contribution is -2.47. The Morgan fingerprint density at radius 2 is 0.779 bits per heavy atom. The molecule has 0 aliphatic heterocycles. The van der Waals surface area contributed by atoms with Crippen LogP contribution in [0.3, 0.4) is 0 Å². The molecule has 0 aliphatic rings. The quantitative estimate of drug-likeness (QED) is 0.0161. The number of amides is 1. The van der Waals surface area contributed by atoms with Gasteiger partial charge in [0.2, 0.25) is 5.91 Å². The second-order valence-corrected chi connectivity index (χ2v) is 25.4. The molecule has 0 aliphatic carbocycles. The normalized spacial score (nSPS) is 13.8. The predicted octanol–water partition coefficient (Wildman–Crippen LogP) is 20.0. The lowest BCUT2D eigenvalue weighted by Gasteiger charge is -2.30. The predicted molar refractivity (Wildman–Crippen MR) is 330 cm³/mol. The number of carbonyl (C=O) groups excluding carboxylic acids is 2. The van der Waals surface area contributed by atoms with Crippen molar-refractivity contribution in [2.45, 2.75) is 341 Å². The highest BCUT2D eigenvalue weighted by atomic mass is 31.2. The Bertz CT molecular complexity index is 1410. The molecule has 0 heterocycles. The van der Waals surface area contributed by atoms with Gasteiger partial charge >= 0.3 is 5.97 Å². The first kappa shape index (κ1) is 75.2. The third-order valence-corrected chi connectivity index (χ3v) is 16.1. The van der Waals surface area contributed by atoms with Gasteiger partial charge in [0.1, 0.15) is 19.3 Å². The van der Waals surface area contributed by atoms with Crippen molar-refractivity contribution >= 4 is 19.7 Å². The summed E-state index contributed by atoms with van der Waals surface area (Å²) in [4.78, 5) is 40.0. The van der Waals surface area contributed by atoms with E-state index in [4.69, 9.17) is 13.8 Å². The number of phosphoric acid groups is 1. The van der Waals surface area contributed by atoms with Crippen LogP contribution < -0.4 is 10.2 Å². The topological polar surface area (TPSA) is 114 Å². The molecule has 3 unspecified atom stereocenters. The molecular weight excluding hydrogens is 976 g/mol. The number of esters is 1. The second kappa shape index (κ2) is 57.5. The molecule has 0 radical (unpaired) electrons. The Morgan fingerprint density at radius 3 is 1.17 bits per heavy atom. The first-order valence-electron chi connectivity index (χ1n) is 33.3. The van der Waals surface area contributed by atoms with Crippen molar-refractivity contribution in [3.63, 3.8) is 0 Å². The molecule has 10 heteroatoms. The minimum Gasteiger partial charge on any atom is -0.756 e. The second-order valence-electron chi connectivity index (χ2n) is 24.0. The molecule has 9 nitrogen and oxygen atoms in total.